The zero-order valence-electron chi connectivity index (χ0n) is 12.1. The Hall–Kier alpha value is -1.69. The molecule has 0 aliphatic carbocycles. The molecule has 2 aromatic rings. The Morgan fingerprint density at radius 3 is 2.52 bits per heavy atom. The average molecular weight is 292 g/mol. The first-order chi connectivity index (χ1) is 10.1. The summed E-state index contributed by atoms with van der Waals surface area (Å²) in [7, 11) is 0. The van der Waals surface area contributed by atoms with Gasteiger partial charge in [0, 0.05) is 25.2 Å². The van der Waals surface area contributed by atoms with Gasteiger partial charge in [0.05, 0.1) is 12.6 Å². The van der Waals surface area contributed by atoms with Crippen LogP contribution in [0, 0.1) is 5.82 Å². The Kier molecular flexibility index (Phi) is 5.92. The normalized spacial score (nSPS) is 12.5. The molecular formula is C16H21FN2O2. The van der Waals surface area contributed by atoms with Gasteiger partial charge < -0.3 is 20.2 Å². The van der Waals surface area contributed by atoms with E-state index in [0.29, 0.717) is 13.1 Å². The molecule has 1 heterocycles. The monoisotopic (exact) mass is 292 g/mol. The van der Waals surface area contributed by atoms with Crippen LogP contribution in [0.1, 0.15) is 12.7 Å². The highest BCUT2D eigenvalue weighted by atomic mass is 19.1. The van der Waals surface area contributed by atoms with Crippen molar-refractivity contribution in [2.45, 2.75) is 19.6 Å². The van der Waals surface area contributed by atoms with Crippen LogP contribution in [0.3, 0.4) is 0 Å². The number of halogens is 1. The van der Waals surface area contributed by atoms with Gasteiger partial charge in [-0.25, -0.2) is 4.39 Å². The minimum Gasteiger partial charge on any atom is -0.460 e. The minimum absolute atomic E-state index is 0.253. The number of benzene rings is 1. The van der Waals surface area contributed by atoms with Crippen LogP contribution in [0.15, 0.2) is 40.8 Å². The summed E-state index contributed by atoms with van der Waals surface area (Å²) in [5, 5.41) is 15.5. The zero-order valence-corrected chi connectivity index (χ0v) is 12.1. The predicted octanol–water partition coefficient (Wildman–Crippen LogP) is 2.15. The van der Waals surface area contributed by atoms with Crippen molar-refractivity contribution >= 4 is 0 Å². The minimum atomic E-state index is -0.326. The van der Waals surface area contributed by atoms with E-state index in [1.54, 1.807) is 19.1 Å². The molecule has 0 saturated carbocycles. The van der Waals surface area contributed by atoms with Gasteiger partial charge in [0.2, 0.25) is 0 Å². The largest absolute Gasteiger partial charge is 0.460 e. The number of nitrogens with one attached hydrogen (secondary N) is 2. The lowest BCUT2D eigenvalue weighted by Gasteiger charge is -2.07. The maximum atomic E-state index is 12.9. The van der Waals surface area contributed by atoms with Crippen molar-refractivity contribution in [1.82, 2.24) is 10.6 Å². The zero-order chi connectivity index (χ0) is 15.1. The molecule has 4 nitrogen and oxygen atoms in total. The second-order valence-corrected chi connectivity index (χ2v) is 5.00. The van der Waals surface area contributed by atoms with E-state index in [9.17, 15) is 4.39 Å². The van der Waals surface area contributed by atoms with Crippen molar-refractivity contribution in [2.24, 2.45) is 0 Å². The van der Waals surface area contributed by atoms with Crippen LogP contribution in [0.2, 0.25) is 0 Å². The molecule has 0 radical (unpaired) electrons. The Balaban J connectivity index is 1.74. The molecule has 0 aliphatic heterocycles. The summed E-state index contributed by atoms with van der Waals surface area (Å²) >= 11 is 0. The SMILES string of the molecule is C[C@@H](O)CNCCNCc1ccc(-c2ccc(F)cc2)o1. The topological polar surface area (TPSA) is 57.4 Å². The van der Waals surface area contributed by atoms with Crippen molar-refractivity contribution in [3.63, 3.8) is 0 Å². The van der Waals surface area contributed by atoms with Crippen LogP contribution in [-0.4, -0.2) is 30.8 Å². The first kappa shape index (κ1) is 15.7. The molecule has 0 bridgehead atoms. The molecule has 0 amide bonds. The predicted molar refractivity (Wildman–Crippen MR) is 80.4 cm³/mol. The second kappa shape index (κ2) is 7.93. The Morgan fingerprint density at radius 2 is 1.81 bits per heavy atom. The highest BCUT2D eigenvalue weighted by molar-refractivity contribution is 5.57. The maximum Gasteiger partial charge on any atom is 0.134 e. The summed E-state index contributed by atoms with van der Waals surface area (Å²) in [4.78, 5) is 0. The van der Waals surface area contributed by atoms with E-state index in [4.69, 9.17) is 9.52 Å². The first-order valence-corrected chi connectivity index (χ1v) is 7.09. The maximum absolute atomic E-state index is 12.9. The lowest BCUT2D eigenvalue weighted by atomic mass is 10.2. The van der Waals surface area contributed by atoms with E-state index in [2.05, 4.69) is 10.6 Å². The van der Waals surface area contributed by atoms with E-state index >= 15 is 0 Å². The van der Waals surface area contributed by atoms with E-state index < -0.39 is 0 Å². The summed E-state index contributed by atoms with van der Waals surface area (Å²) in [6.07, 6.45) is -0.326. The molecule has 1 aromatic heterocycles. The van der Waals surface area contributed by atoms with Gasteiger partial charge in [-0.15, -0.1) is 0 Å². The molecule has 0 aliphatic rings. The van der Waals surface area contributed by atoms with Crippen molar-refractivity contribution in [3.8, 4) is 11.3 Å². The second-order valence-electron chi connectivity index (χ2n) is 5.00. The third-order valence-corrected chi connectivity index (χ3v) is 3.01. The van der Waals surface area contributed by atoms with Crippen LogP contribution in [0.4, 0.5) is 4.39 Å². The van der Waals surface area contributed by atoms with Crippen molar-refractivity contribution in [2.75, 3.05) is 19.6 Å². The number of aliphatic hydroxyl groups is 1. The summed E-state index contributed by atoms with van der Waals surface area (Å²) < 4.78 is 18.6. The third kappa shape index (κ3) is 5.30. The van der Waals surface area contributed by atoms with E-state index in [0.717, 1.165) is 30.2 Å². The van der Waals surface area contributed by atoms with Crippen molar-refractivity contribution in [1.29, 1.82) is 0 Å². The number of hydrogen-bond acceptors (Lipinski definition) is 4. The average Bonchev–Trinajstić information content (AvgIpc) is 2.92. The van der Waals surface area contributed by atoms with Gasteiger partial charge in [-0.05, 0) is 43.3 Å². The van der Waals surface area contributed by atoms with Gasteiger partial charge >= 0.3 is 0 Å². The molecule has 114 valence electrons. The number of furan rings is 1. The molecule has 5 heteroatoms. The Bertz CT molecular complexity index is 537. The molecule has 0 spiro atoms. The number of hydrogen-bond donors (Lipinski definition) is 3. The van der Waals surface area contributed by atoms with Crippen LogP contribution < -0.4 is 10.6 Å². The molecule has 0 unspecified atom stereocenters. The highest BCUT2D eigenvalue weighted by Gasteiger charge is 2.04. The highest BCUT2D eigenvalue weighted by Crippen LogP contribution is 2.22. The van der Waals surface area contributed by atoms with Gasteiger partial charge in [-0.1, -0.05) is 0 Å². The van der Waals surface area contributed by atoms with Crippen molar-refractivity contribution < 1.29 is 13.9 Å². The van der Waals surface area contributed by atoms with E-state index in [1.807, 2.05) is 12.1 Å². The summed E-state index contributed by atoms with van der Waals surface area (Å²) in [6, 6.07) is 10.0. The lowest BCUT2D eigenvalue weighted by molar-refractivity contribution is 0.191. The molecule has 0 saturated heterocycles. The van der Waals surface area contributed by atoms with Crippen molar-refractivity contribution in [3.05, 3.63) is 48.0 Å². The van der Waals surface area contributed by atoms with Gasteiger partial charge in [0.1, 0.15) is 17.3 Å². The molecule has 1 atom stereocenters. The van der Waals surface area contributed by atoms with E-state index in [1.165, 1.54) is 12.1 Å². The summed E-state index contributed by atoms with van der Waals surface area (Å²) in [6.45, 7) is 4.56. The van der Waals surface area contributed by atoms with Gasteiger partial charge in [0.25, 0.3) is 0 Å². The summed E-state index contributed by atoms with van der Waals surface area (Å²) in [5.74, 6) is 1.32. The standard InChI is InChI=1S/C16H21FN2O2/c1-12(20)10-18-8-9-19-11-15-6-7-16(21-15)13-2-4-14(17)5-3-13/h2-7,12,18-20H,8-11H2,1H3/t12-/m1/s1. The molecule has 21 heavy (non-hydrogen) atoms. The van der Waals surface area contributed by atoms with Crippen LogP contribution >= 0.6 is 0 Å². The Labute approximate surface area is 124 Å². The van der Waals surface area contributed by atoms with Crippen LogP contribution in [0.5, 0.6) is 0 Å². The lowest BCUT2D eigenvalue weighted by Crippen LogP contribution is -2.31. The smallest absolute Gasteiger partial charge is 0.134 e. The molecule has 0 fully saturated rings. The van der Waals surface area contributed by atoms with Gasteiger partial charge in [-0.2, -0.15) is 0 Å². The molecule has 2 rings (SSSR count). The van der Waals surface area contributed by atoms with Gasteiger partial charge in [-0.3, -0.25) is 0 Å². The number of rotatable bonds is 8. The van der Waals surface area contributed by atoms with Gasteiger partial charge in [0.15, 0.2) is 0 Å². The molecular weight excluding hydrogens is 271 g/mol. The fraction of sp³-hybridized carbons (Fsp3) is 0.375. The fourth-order valence-corrected chi connectivity index (χ4v) is 1.94. The quantitative estimate of drug-likeness (QED) is 0.653. The first-order valence-electron chi connectivity index (χ1n) is 7.09. The third-order valence-electron chi connectivity index (χ3n) is 3.01. The van der Waals surface area contributed by atoms with Crippen LogP contribution in [0.25, 0.3) is 11.3 Å². The van der Waals surface area contributed by atoms with Crippen LogP contribution in [-0.2, 0) is 6.54 Å². The van der Waals surface area contributed by atoms with E-state index in [-0.39, 0.29) is 11.9 Å². The number of aliphatic hydroxyl groups excluding tert-OH is 1. The summed E-state index contributed by atoms with van der Waals surface area (Å²) in [5.41, 5.74) is 0.862. The molecule has 1 aromatic carbocycles. The fourth-order valence-electron chi connectivity index (χ4n) is 1.94. The Morgan fingerprint density at radius 1 is 1.10 bits per heavy atom. The molecule has 3 N–H and O–H groups in total.